The zero-order chi connectivity index (χ0) is 23.3. The number of nitrogens with zero attached hydrogens (tertiary/aromatic N) is 3. The van der Waals surface area contributed by atoms with Gasteiger partial charge in [0.2, 0.25) is 17.6 Å². The van der Waals surface area contributed by atoms with Gasteiger partial charge in [0.1, 0.15) is 11.5 Å². The van der Waals surface area contributed by atoms with Gasteiger partial charge in [0.25, 0.3) is 0 Å². The van der Waals surface area contributed by atoms with Crippen LogP contribution in [0.25, 0.3) is 17.5 Å². The zero-order valence-electron chi connectivity index (χ0n) is 19.4. The van der Waals surface area contributed by atoms with Crippen LogP contribution in [-0.2, 0) is 16.8 Å². The van der Waals surface area contributed by atoms with E-state index in [-0.39, 0.29) is 17.9 Å². The second-order valence-electron chi connectivity index (χ2n) is 8.48. The number of carbonyl (C=O) groups is 1. The molecule has 1 aromatic heterocycles. The first kappa shape index (κ1) is 23.1. The zero-order valence-corrected chi connectivity index (χ0v) is 19.4. The fraction of sp³-hybridized carbons (Fsp3) is 0.320. The van der Waals surface area contributed by atoms with E-state index in [1.807, 2.05) is 12.1 Å². The molecule has 0 aliphatic heterocycles. The lowest BCUT2D eigenvalue weighted by Crippen LogP contribution is -2.24. The predicted molar refractivity (Wildman–Crippen MR) is 123 cm³/mol. The Morgan fingerprint density at radius 3 is 2.44 bits per heavy atom. The summed E-state index contributed by atoms with van der Waals surface area (Å²) in [5, 5.41) is 4.02. The highest BCUT2D eigenvalue weighted by Gasteiger charge is 2.17. The molecule has 0 saturated heterocycles. The van der Waals surface area contributed by atoms with Crippen molar-refractivity contribution in [1.29, 1.82) is 0 Å². The molecule has 0 bridgehead atoms. The number of methoxy groups -OCH3 is 2. The summed E-state index contributed by atoms with van der Waals surface area (Å²) in [4.78, 5) is 18.4. The standard InChI is InChI=1S/C25H29N3O4/c1-25(2,3)18-10-7-17(8-11-18)9-14-23(29)28(4)16-22-26-24(27-32-22)20-13-12-19(30-5)15-21(20)31-6/h7-15H,16H2,1-6H3/b14-9+. The molecular weight excluding hydrogens is 406 g/mol. The Bertz CT molecular complexity index is 1100. The molecule has 0 aliphatic carbocycles. The molecule has 168 valence electrons. The number of carbonyl (C=O) groups excluding carboxylic acids is 1. The summed E-state index contributed by atoms with van der Waals surface area (Å²) in [6.45, 7) is 6.70. The van der Waals surface area contributed by atoms with Crippen molar-refractivity contribution in [3.05, 3.63) is 65.6 Å². The Labute approximate surface area is 188 Å². The molecule has 0 saturated carbocycles. The Kier molecular flexibility index (Phi) is 6.98. The number of amides is 1. The normalized spacial score (nSPS) is 11.6. The molecule has 3 rings (SSSR count). The fourth-order valence-corrected chi connectivity index (χ4v) is 3.08. The molecule has 0 radical (unpaired) electrons. The maximum absolute atomic E-state index is 12.5. The van der Waals surface area contributed by atoms with Gasteiger partial charge in [-0.3, -0.25) is 4.79 Å². The highest BCUT2D eigenvalue weighted by molar-refractivity contribution is 5.91. The van der Waals surface area contributed by atoms with Gasteiger partial charge in [0.05, 0.1) is 26.3 Å². The van der Waals surface area contributed by atoms with E-state index in [0.717, 1.165) is 5.56 Å². The van der Waals surface area contributed by atoms with E-state index in [9.17, 15) is 4.79 Å². The van der Waals surface area contributed by atoms with Gasteiger partial charge in [-0.05, 0) is 34.8 Å². The molecule has 0 N–H and O–H groups in total. The van der Waals surface area contributed by atoms with E-state index in [4.69, 9.17) is 14.0 Å². The fourth-order valence-electron chi connectivity index (χ4n) is 3.08. The maximum Gasteiger partial charge on any atom is 0.246 e. The van der Waals surface area contributed by atoms with Crippen molar-refractivity contribution in [3.8, 4) is 22.9 Å². The molecule has 0 atom stereocenters. The van der Waals surface area contributed by atoms with Gasteiger partial charge in [-0.1, -0.05) is 50.2 Å². The first-order chi connectivity index (χ1) is 15.2. The third-order valence-corrected chi connectivity index (χ3v) is 5.06. The van der Waals surface area contributed by atoms with Crippen LogP contribution in [0.5, 0.6) is 11.5 Å². The number of aromatic nitrogens is 2. The molecule has 7 nitrogen and oxygen atoms in total. The minimum absolute atomic E-state index is 0.0943. The van der Waals surface area contributed by atoms with E-state index in [1.165, 1.54) is 16.5 Å². The summed E-state index contributed by atoms with van der Waals surface area (Å²) in [5.74, 6) is 1.79. The number of hydrogen-bond donors (Lipinski definition) is 0. The van der Waals surface area contributed by atoms with Crippen LogP contribution in [0, 0.1) is 0 Å². The van der Waals surface area contributed by atoms with Crippen molar-refractivity contribution in [2.45, 2.75) is 32.7 Å². The van der Waals surface area contributed by atoms with Crippen molar-refractivity contribution in [2.75, 3.05) is 21.3 Å². The van der Waals surface area contributed by atoms with Gasteiger partial charge in [-0.25, -0.2) is 0 Å². The lowest BCUT2D eigenvalue weighted by molar-refractivity contribution is -0.125. The van der Waals surface area contributed by atoms with Crippen molar-refractivity contribution >= 4 is 12.0 Å². The molecule has 3 aromatic rings. The minimum atomic E-state index is -0.160. The molecule has 1 amide bonds. The summed E-state index contributed by atoms with van der Waals surface area (Å²) >= 11 is 0. The molecule has 32 heavy (non-hydrogen) atoms. The number of rotatable bonds is 7. The highest BCUT2D eigenvalue weighted by atomic mass is 16.5. The average molecular weight is 436 g/mol. The van der Waals surface area contributed by atoms with Crippen LogP contribution in [0.4, 0.5) is 0 Å². The number of likely N-dealkylation sites (N-methyl/N-ethyl adjacent to an activating group) is 1. The lowest BCUT2D eigenvalue weighted by atomic mass is 9.87. The van der Waals surface area contributed by atoms with Crippen molar-refractivity contribution in [3.63, 3.8) is 0 Å². The molecule has 2 aromatic carbocycles. The summed E-state index contributed by atoms with van der Waals surface area (Å²) in [7, 11) is 4.84. The molecule has 0 fully saturated rings. The highest BCUT2D eigenvalue weighted by Crippen LogP contribution is 2.31. The Balaban J connectivity index is 1.65. The first-order valence-corrected chi connectivity index (χ1v) is 10.3. The molecule has 7 heteroatoms. The second kappa shape index (κ2) is 9.68. The van der Waals surface area contributed by atoms with E-state index < -0.39 is 0 Å². The molecule has 0 unspecified atom stereocenters. The van der Waals surface area contributed by atoms with Crippen LogP contribution < -0.4 is 9.47 Å². The Morgan fingerprint density at radius 2 is 1.81 bits per heavy atom. The summed E-state index contributed by atoms with van der Waals surface area (Å²) in [6.07, 6.45) is 3.34. The summed E-state index contributed by atoms with van der Waals surface area (Å²) in [6, 6.07) is 13.5. The smallest absolute Gasteiger partial charge is 0.246 e. The third-order valence-electron chi connectivity index (χ3n) is 5.06. The average Bonchev–Trinajstić information content (AvgIpc) is 3.24. The van der Waals surface area contributed by atoms with Crippen LogP contribution >= 0.6 is 0 Å². The largest absolute Gasteiger partial charge is 0.497 e. The molecule has 0 spiro atoms. The quantitative estimate of drug-likeness (QED) is 0.500. The van der Waals surface area contributed by atoms with Crippen LogP contribution in [0.1, 0.15) is 37.8 Å². The van der Waals surface area contributed by atoms with Crippen molar-refractivity contribution in [2.24, 2.45) is 0 Å². The van der Waals surface area contributed by atoms with Gasteiger partial charge in [-0.2, -0.15) is 4.98 Å². The third kappa shape index (κ3) is 5.55. The number of benzene rings is 2. The lowest BCUT2D eigenvalue weighted by Gasteiger charge is -2.18. The monoisotopic (exact) mass is 435 g/mol. The number of hydrogen-bond acceptors (Lipinski definition) is 6. The van der Waals surface area contributed by atoms with Crippen molar-refractivity contribution in [1.82, 2.24) is 15.0 Å². The molecule has 1 heterocycles. The summed E-state index contributed by atoms with van der Waals surface area (Å²) < 4.78 is 15.9. The van der Waals surface area contributed by atoms with Crippen LogP contribution in [0.3, 0.4) is 0 Å². The minimum Gasteiger partial charge on any atom is -0.497 e. The van der Waals surface area contributed by atoms with Gasteiger partial charge < -0.3 is 18.9 Å². The van der Waals surface area contributed by atoms with Crippen LogP contribution in [0.2, 0.25) is 0 Å². The SMILES string of the molecule is COc1ccc(-c2noc(CN(C)C(=O)/C=C/c3ccc(C(C)(C)C)cc3)n2)c(OC)c1. The molecular formula is C25H29N3O4. The number of ether oxygens (including phenoxy) is 2. The van der Waals surface area contributed by atoms with Gasteiger partial charge in [-0.15, -0.1) is 0 Å². The van der Waals surface area contributed by atoms with E-state index in [1.54, 1.807) is 45.5 Å². The Hall–Kier alpha value is -3.61. The van der Waals surface area contributed by atoms with Gasteiger partial charge in [0.15, 0.2) is 0 Å². The van der Waals surface area contributed by atoms with Crippen LogP contribution in [0.15, 0.2) is 53.1 Å². The van der Waals surface area contributed by atoms with E-state index >= 15 is 0 Å². The second-order valence-corrected chi connectivity index (χ2v) is 8.48. The van der Waals surface area contributed by atoms with Gasteiger partial charge in [0, 0.05) is 19.2 Å². The summed E-state index contributed by atoms with van der Waals surface area (Å²) in [5.41, 5.74) is 2.98. The maximum atomic E-state index is 12.5. The topological polar surface area (TPSA) is 77.7 Å². The first-order valence-electron chi connectivity index (χ1n) is 10.3. The van der Waals surface area contributed by atoms with Gasteiger partial charge >= 0.3 is 0 Å². The van der Waals surface area contributed by atoms with Crippen LogP contribution in [-0.4, -0.2) is 42.2 Å². The molecule has 0 aliphatic rings. The predicted octanol–water partition coefficient (Wildman–Crippen LogP) is 4.72. The van der Waals surface area contributed by atoms with E-state index in [0.29, 0.717) is 28.8 Å². The van der Waals surface area contributed by atoms with Crippen molar-refractivity contribution < 1.29 is 18.8 Å². The van der Waals surface area contributed by atoms with E-state index in [2.05, 4.69) is 43.0 Å². The Morgan fingerprint density at radius 1 is 1.09 bits per heavy atom.